The number of phenolic OH excluding ortho intramolecular Hbond substituents is 1. The molecule has 3 rings (SSSR count). The van der Waals surface area contributed by atoms with Gasteiger partial charge < -0.3 is 19.7 Å². The second-order valence-corrected chi connectivity index (χ2v) is 4.80. The van der Waals surface area contributed by atoms with Gasteiger partial charge in [-0.2, -0.15) is 0 Å². The Labute approximate surface area is 112 Å². The van der Waals surface area contributed by atoms with E-state index in [0.29, 0.717) is 5.75 Å². The van der Waals surface area contributed by atoms with Crippen LogP contribution in [0.2, 0.25) is 0 Å². The van der Waals surface area contributed by atoms with E-state index in [1.165, 1.54) is 5.69 Å². The molecule has 0 spiro atoms. The number of rotatable bonds is 2. The second-order valence-electron chi connectivity index (χ2n) is 4.80. The number of fused-ring (bicyclic) bond motifs is 1. The molecule has 0 saturated carbocycles. The van der Waals surface area contributed by atoms with Crippen LogP contribution in [-0.4, -0.2) is 23.3 Å². The molecule has 4 nitrogen and oxygen atoms in total. The maximum absolute atomic E-state index is 9.93. The summed E-state index contributed by atoms with van der Waals surface area (Å²) in [6.07, 6.45) is 3.22. The first-order chi connectivity index (χ1) is 9.29. The lowest BCUT2D eigenvalue weighted by molar-refractivity contribution is 0.372. The Morgan fingerprint density at radius 1 is 1.37 bits per heavy atom. The number of ether oxygens (including phenoxy) is 1. The number of aromatic nitrogens is 1. The van der Waals surface area contributed by atoms with Gasteiger partial charge in [0.2, 0.25) is 0 Å². The number of methoxy groups -OCH3 is 1. The van der Waals surface area contributed by atoms with E-state index in [0.717, 1.165) is 25.1 Å². The number of hydrogen-bond donors (Lipinski definition) is 2. The number of aromatic hydroxyl groups is 1. The maximum atomic E-state index is 9.93. The molecule has 1 aliphatic heterocycles. The van der Waals surface area contributed by atoms with Crippen molar-refractivity contribution in [3.8, 4) is 11.5 Å². The molecule has 1 aromatic carbocycles. The summed E-state index contributed by atoms with van der Waals surface area (Å²) in [5, 5.41) is 13.5. The third-order valence-corrected chi connectivity index (χ3v) is 3.62. The minimum Gasteiger partial charge on any atom is -0.504 e. The van der Waals surface area contributed by atoms with Gasteiger partial charge in [0.15, 0.2) is 11.5 Å². The molecule has 0 bridgehead atoms. The Morgan fingerprint density at radius 2 is 2.26 bits per heavy atom. The summed E-state index contributed by atoms with van der Waals surface area (Å²) in [4.78, 5) is 0. The highest BCUT2D eigenvalue weighted by Crippen LogP contribution is 2.32. The van der Waals surface area contributed by atoms with Crippen LogP contribution in [0.25, 0.3) is 0 Å². The van der Waals surface area contributed by atoms with Crippen LogP contribution in [0.1, 0.15) is 23.7 Å². The highest BCUT2D eigenvalue weighted by atomic mass is 16.5. The molecule has 2 heterocycles. The maximum Gasteiger partial charge on any atom is 0.160 e. The van der Waals surface area contributed by atoms with Crippen molar-refractivity contribution in [3.05, 3.63) is 47.8 Å². The lowest BCUT2D eigenvalue weighted by Gasteiger charge is -2.18. The Morgan fingerprint density at radius 3 is 3.05 bits per heavy atom. The van der Waals surface area contributed by atoms with E-state index in [2.05, 4.69) is 28.2 Å². The van der Waals surface area contributed by atoms with Crippen molar-refractivity contribution in [2.24, 2.45) is 0 Å². The van der Waals surface area contributed by atoms with Crippen molar-refractivity contribution >= 4 is 0 Å². The van der Waals surface area contributed by atoms with Crippen molar-refractivity contribution < 1.29 is 9.84 Å². The van der Waals surface area contributed by atoms with E-state index in [1.54, 1.807) is 13.2 Å². The zero-order valence-electron chi connectivity index (χ0n) is 11.0. The lowest BCUT2D eigenvalue weighted by atomic mass is 10.0. The van der Waals surface area contributed by atoms with Gasteiger partial charge in [-0.25, -0.2) is 0 Å². The Hall–Kier alpha value is -1.94. The zero-order valence-corrected chi connectivity index (χ0v) is 11.0. The smallest absolute Gasteiger partial charge is 0.160 e. The molecule has 0 radical (unpaired) electrons. The van der Waals surface area contributed by atoms with Crippen LogP contribution in [0.3, 0.4) is 0 Å². The molecular weight excluding hydrogens is 240 g/mol. The Balaban J connectivity index is 2.00. The van der Waals surface area contributed by atoms with Crippen molar-refractivity contribution in [2.45, 2.75) is 19.0 Å². The fourth-order valence-corrected chi connectivity index (χ4v) is 2.67. The molecule has 1 aliphatic rings. The number of nitrogens with zero attached hydrogens (tertiary/aromatic N) is 1. The zero-order chi connectivity index (χ0) is 13.2. The fourth-order valence-electron chi connectivity index (χ4n) is 2.67. The summed E-state index contributed by atoms with van der Waals surface area (Å²) in [5.41, 5.74) is 2.29. The molecule has 1 aromatic heterocycles. The van der Waals surface area contributed by atoms with Gasteiger partial charge in [0, 0.05) is 18.4 Å². The Bertz CT molecular complexity index is 577. The molecule has 1 unspecified atom stereocenters. The van der Waals surface area contributed by atoms with Gasteiger partial charge in [-0.3, -0.25) is 0 Å². The molecule has 100 valence electrons. The van der Waals surface area contributed by atoms with E-state index >= 15 is 0 Å². The molecule has 19 heavy (non-hydrogen) atoms. The minimum absolute atomic E-state index is 0.120. The van der Waals surface area contributed by atoms with E-state index in [4.69, 9.17) is 4.74 Å². The van der Waals surface area contributed by atoms with Crippen molar-refractivity contribution in [3.63, 3.8) is 0 Å². The third kappa shape index (κ3) is 2.19. The van der Waals surface area contributed by atoms with Crippen LogP contribution in [-0.2, 0) is 6.54 Å². The van der Waals surface area contributed by atoms with E-state index < -0.39 is 0 Å². The third-order valence-electron chi connectivity index (χ3n) is 3.62. The number of nitrogens with one attached hydrogen (secondary N) is 1. The lowest BCUT2D eigenvalue weighted by Crippen LogP contribution is -2.22. The summed E-state index contributed by atoms with van der Waals surface area (Å²) >= 11 is 0. The summed E-state index contributed by atoms with van der Waals surface area (Å²) < 4.78 is 7.36. The molecule has 0 fully saturated rings. The highest BCUT2D eigenvalue weighted by molar-refractivity contribution is 5.44. The molecule has 2 aromatic rings. The molecule has 0 saturated heterocycles. The quantitative estimate of drug-likeness (QED) is 0.868. The van der Waals surface area contributed by atoms with Crippen molar-refractivity contribution in [2.75, 3.05) is 13.7 Å². The fraction of sp³-hybridized carbons (Fsp3) is 0.333. The molecule has 1 atom stereocenters. The first-order valence-electron chi connectivity index (χ1n) is 6.55. The van der Waals surface area contributed by atoms with Crippen LogP contribution in [0.5, 0.6) is 11.5 Å². The molecule has 2 N–H and O–H groups in total. The van der Waals surface area contributed by atoms with Crippen LogP contribution < -0.4 is 10.1 Å². The Kier molecular flexibility index (Phi) is 3.17. The first kappa shape index (κ1) is 12.1. The van der Waals surface area contributed by atoms with Gasteiger partial charge in [0.1, 0.15) is 0 Å². The van der Waals surface area contributed by atoms with Crippen LogP contribution in [0.15, 0.2) is 36.5 Å². The predicted octanol–water partition coefficient (Wildman–Crippen LogP) is 2.29. The molecule has 0 aliphatic carbocycles. The largest absolute Gasteiger partial charge is 0.504 e. The number of phenols is 1. The van der Waals surface area contributed by atoms with Crippen LogP contribution in [0, 0.1) is 0 Å². The van der Waals surface area contributed by atoms with Crippen molar-refractivity contribution in [1.29, 1.82) is 0 Å². The standard InChI is InChI=1S/C15H18N2O2/c1-19-14-6-5-11(10-13(14)18)15-12-4-2-8-17(12)9-3-7-16-15/h2,4-6,8,10,15-16,18H,3,7,9H2,1H3. The normalized spacial score (nSPS) is 18.7. The van der Waals surface area contributed by atoms with Gasteiger partial charge in [-0.1, -0.05) is 6.07 Å². The summed E-state index contributed by atoms with van der Waals surface area (Å²) in [5.74, 6) is 0.692. The topological polar surface area (TPSA) is 46.4 Å². The molecule has 0 amide bonds. The van der Waals surface area contributed by atoms with Gasteiger partial charge >= 0.3 is 0 Å². The average Bonchev–Trinajstić information content (AvgIpc) is 2.78. The first-order valence-corrected chi connectivity index (χ1v) is 6.55. The summed E-state index contributed by atoms with van der Waals surface area (Å²) in [6.45, 7) is 2.01. The van der Waals surface area contributed by atoms with Gasteiger partial charge in [-0.15, -0.1) is 0 Å². The van der Waals surface area contributed by atoms with Gasteiger partial charge in [0.25, 0.3) is 0 Å². The molecule has 4 heteroatoms. The van der Waals surface area contributed by atoms with Crippen LogP contribution >= 0.6 is 0 Å². The SMILES string of the molecule is COc1ccc(C2NCCCn3cccc32)cc1O. The molecular formula is C15H18N2O2. The van der Waals surface area contributed by atoms with Gasteiger partial charge in [0.05, 0.1) is 13.2 Å². The average molecular weight is 258 g/mol. The number of benzene rings is 1. The minimum atomic E-state index is 0.120. The number of aryl methyl sites for hydroxylation is 1. The van der Waals surface area contributed by atoms with Gasteiger partial charge in [-0.05, 0) is 42.8 Å². The summed E-state index contributed by atoms with van der Waals surface area (Å²) in [6, 6.07) is 9.90. The van der Waals surface area contributed by atoms with Crippen molar-refractivity contribution in [1.82, 2.24) is 9.88 Å². The van der Waals surface area contributed by atoms with Crippen LogP contribution in [0.4, 0.5) is 0 Å². The van der Waals surface area contributed by atoms with E-state index in [1.807, 2.05) is 12.1 Å². The van der Waals surface area contributed by atoms with E-state index in [-0.39, 0.29) is 11.8 Å². The second kappa shape index (κ2) is 4.97. The van der Waals surface area contributed by atoms with E-state index in [9.17, 15) is 5.11 Å². The monoisotopic (exact) mass is 258 g/mol. The summed E-state index contributed by atoms with van der Waals surface area (Å²) in [7, 11) is 1.56. The number of hydrogen-bond acceptors (Lipinski definition) is 3. The predicted molar refractivity (Wildman–Crippen MR) is 73.6 cm³/mol. The highest BCUT2D eigenvalue weighted by Gasteiger charge is 2.20.